The molecular weight excluding hydrogens is 291 g/mol. The van der Waals surface area contributed by atoms with Crippen LogP contribution in [0.4, 0.5) is 0 Å². The zero-order chi connectivity index (χ0) is 15.4. The number of unbranched alkanes of at least 4 members (excludes halogenated alkanes) is 1. The van der Waals surface area contributed by atoms with E-state index in [1.54, 1.807) is 0 Å². The number of rotatable bonds is 7. The topological polar surface area (TPSA) is 24.1 Å². The van der Waals surface area contributed by atoms with Crippen molar-refractivity contribution in [3.63, 3.8) is 0 Å². The Hall–Kier alpha value is 0.500. The van der Waals surface area contributed by atoms with Gasteiger partial charge in [0.25, 0.3) is 0 Å². The molecule has 0 aliphatic heterocycles. The van der Waals surface area contributed by atoms with Gasteiger partial charge in [-0.25, -0.2) is 0 Å². The SMILES string of the molecule is CCCCC1(Cl)C(NCC)CC(C)(C)CC1(Cl)NCC. The highest BCUT2D eigenvalue weighted by Crippen LogP contribution is 2.53. The van der Waals surface area contributed by atoms with Crippen molar-refractivity contribution in [1.29, 1.82) is 0 Å². The predicted octanol–water partition coefficient (Wildman–Crippen LogP) is 4.50. The fourth-order valence-corrected chi connectivity index (χ4v) is 4.79. The third kappa shape index (κ3) is 3.82. The Morgan fingerprint density at radius 3 is 2.25 bits per heavy atom. The van der Waals surface area contributed by atoms with E-state index in [1.165, 1.54) is 0 Å². The molecule has 120 valence electrons. The summed E-state index contributed by atoms with van der Waals surface area (Å²) in [5.41, 5.74) is 0.196. The van der Waals surface area contributed by atoms with Gasteiger partial charge in [0.05, 0.1) is 4.87 Å². The molecule has 0 spiro atoms. The molecule has 0 aromatic rings. The molecule has 1 saturated carbocycles. The lowest BCUT2D eigenvalue weighted by molar-refractivity contribution is 0.0896. The lowest BCUT2D eigenvalue weighted by Crippen LogP contribution is -2.69. The van der Waals surface area contributed by atoms with E-state index in [0.29, 0.717) is 0 Å². The zero-order valence-electron chi connectivity index (χ0n) is 13.8. The summed E-state index contributed by atoms with van der Waals surface area (Å²) in [6, 6.07) is 0.251. The Morgan fingerprint density at radius 2 is 1.75 bits per heavy atom. The average molecular weight is 323 g/mol. The smallest absolute Gasteiger partial charge is 0.115 e. The molecule has 3 atom stereocenters. The van der Waals surface area contributed by atoms with Crippen LogP contribution in [-0.2, 0) is 0 Å². The molecule has 20 heavy (non-hydrogen) atoms. The van der Waals surface area contributed by atoms with Crippen molar-refractivity contribution in [1.82, 2.24) is 10.6 Å². The Labute approximate surface area is 135 Å². The monoisotopic (exact) mass is 322 g/mol. The predicted molar refractivity (Wildman–Crippen MR) is 90.8 cm³/mol. The van der Waals surface area contributed by atoms with Crippen LogP contribution in [-0.4, -0.2) is 29.0 Å². The molecule has 2 N–H and O–H groups in total. The van der Waals surface area contributed by atoms with E-state index in [1.807, 2.05) is 0 Å². The van der Waals surface area contributed by atoms with Gasteiger partial charge in [0.1, 0.15) is 5.00 Å². The Morgan fingerprint density at radius 1 is 1.10 bits per heavy atom. The highest BCUT2D eigenvalue weighted by Gasteiger charge is 2.59. The van der Waals surface area contributed by atoms with E-state index in [2.05, 4.69) is 45.3 Å². The molecule has 0 aromatic heterocycles. The van der Waals surface area contributed by atoms with Crippen molar-refractivity contribution in [3.8, 4) is 0 Å². The van der Waals surface area contributed by atoms with Crippen LogP contribution in [0.25, 0.3) is 0 Å². The second-order valence-corrected chi connectivity index (χ2v) is 8.27. The van der Waals surface area contributed by atoms with Gasteiger partial charge in [-0.3, -0.25) is 5.32 Å². The maximum absolute atomic E-state index is 7.16. The molecule has 0 amide bonds. The first-order valence-electron chi connectivity index (χ1n) is 8.11. The largest absolute Gasteiger partial charge is 0.312 e. The molecule has 0 heterocycles. The highest BCUT2D eigenvalue weighted by molar-refractivity contribution is 6.35. The van der Waals surface area contributed by atoms with Crippen molar-refractivity contribution < 1.29 is 0 Å². The van der Waals surface area contributed by atoms with E-state index < -0.39 is 9.87 Å². The van der Waals surface area contributed by atoms with Gasteiger partial charge in [-0.1, -0.05) is 47.5 Å². The van der Waals surface area contributed by atoms with Crippen molar-refractivity contribution in [2.75, 3.05) is 13.1 Å². The van der Waals surface area contributed by atoms with Crippen molar-refractivity contribution in [2.24, 2.45) is 5.41 Å². The van der Waals surface area contributed by atoms with Gasteiger partial charge in [0, 0.05) is 6.04 Å². The Kier molecular flexibility index (Phi) is 6.65. The van der Waals surface area contributed by atoms with Crippen molar-refractivity contribution in [2.45, 2.75) is 82.6 Å². The van der Waals surface area contributed by atoms with Gasteiger partial charge in [0.15, 0.2) is 0 Å². The summed E-state index contributed by atoms with van der Waals surface area (Å²) in [6.07, 6.45) is 5.20. The summed E-state index contributed by atoms with van der Waals surface area (Å²) in [6.45, 7) is 12.8. The summed E-state index contributed by atoms with van der Waals surface area (Å²) in [5, 5.41) is 7.09. The first kappa shape index (κ1) is 18.5. The van der Waals surface area contributed by atoms with Crippen molar-refractivity contribution in [3.05, 3.63) is 0 Å². The molecule has 1 aliphatic rings. The third-order valence-electron chi connectivity index (χ3n) is 4.49. The van der Waals surface area contributed by atoms with Gasteiger partial charge >= 0.3 is 0 Å². The van der Waals surface area contributed by atoms with Gasteiger partial charge in [0.2, 0.25) is 0 Å². The fraction of sp³-hybridized carbons (Fsp3) is 1.00. The van der Waals surface area contributed by atoms with E-state index in [0.717, 1.165) is 45.2 Å². The lowest BCUT2D eigenvalue weighted by atomic mass is 9.65. The van der Waals surface area contributed by atoms with Gasteiger partial charge < -0.3 is 5.32 Å². The molecule has 1 rings (SSSR count). The summed E-state index contributed by atoms with van der Waals surface area (Å²) < 4.78 is 0. The van der Waals surface area contributed by atoms with E-state index in [-0.39, 0.29) is 11.5 Å². The quantitative estimate of drug-likeness (QED) is 0.532. The van der Waals surface area contributed by atoms with Crippen LogP contribution >= 0.6 is 23.2 Å². The molecule has 4 heteroatoms. The molecule has 1 aliphatic carbocycles. The maximum atomic E-state index is 7.16. The number of alkyl halides is 2. The number of halogens is 2. The van der Waals surface area contributed by atoms with Crippen LogP contribution < -0.4 is 10.6 Å². The summed E-state index contributed by atoms with van der Waals surface area (Å²) in [5.74, 6) is 0. The summed E-state index contributed by atoms with van der Waals surface area (Å²) in [4.78, 5) is -0.959. The molecular formula is C16H32Cl2N2. The first-order valence-corrected chi connectivity index (χ1v) is 8.86. The van der Waals surface area contributed by atoms with Gasteiger partial charge in [-0.2, -0.15) is 0 Å². The normalized spacial score (nSPS) is 37.0. The van der Waals surface area contributed by atoms with Crippen molar-refractivity contribution >= 4 is 23.2 Å². The molecule has 2 nitrogen and oxygen atoms in total. The Bertz CT molecular complexity index is 309. The van der Waals surface area contributed by atoms with Crippen LogP contribution in [0.3, 0.4) is 0 Å². The maximum Gasteiger partial charge on any atom is 0.115 e. The van der Waals surface area contributed by atoms with Crippen LogP contribution in [0, 0.1) is 5.41 Å². The van der Waals surface area contributed by atoms with Crippen LogP contribution in [0.1, 0.15) is 66.7 Å². The highest BCUT2D eigenvalue weighted by atomic mass is 35.5. The van der Waals surface area contributed by atoms with Crippen LogP contribution in [0.15, 0.2) is 0 Å². The molecule has 0 radical (unpaired) electrons. The Balaban J connectivity index is 3.12. The number of nitrogens with one attached hydrogen (secondary N) is 2. The zero-order valence-corrected chi connectivity index (χ0v) is 15.3. The molecule has 0 saturated heterocycles. The van der Waals surface area contributed by atoms with E-state index >= 15 is 0 Å². The molecule has 0 bridgehead atoms. The minimum atomic E-state index is -0.535. The molecule has 0 aromatic carbocycles. The minimum Gasteiger partial charge on any atom is -0.312 e. The van der Waals surface area contributed by atoms with Crippen LogP contribution in [0.5, 0.6) is 0 Å². The second-order valence-electron chi connectivity index (χ2n) is 6.95. The standard InChI is InChI=1S/C16H32Cl2N2/c1-6-9-10-15(17)13(19-7-2)11-14(4,5)12-16(15,18)20-8-3/h13,19-20H,6-12H2,1-5H3. The van der Waals surface area contributed by atoms with Crippen LogP contribution in [0.2, 0.25) is 0 Å². The molecule has 1 fully saturated rings. The number of hydrogen-bond acceptors (Lipinski definition) is 2. The van der Waals surface area contributed by atoms with Gasteiger partial charge in [-0.15, -0.1) is 23.2 Å². The summed E-state index contributed by atoms with van der Waals surface area (Å²) in [7, 11) is 0. The average Bonchev–Trinajstić information content (AvgIpc) is 2.33. The first-order chi connectivity index (χ1) is 9.24. The number of hydrogen-bond donors (Lipinski definition) is 2. The fourth-order valence-electron chi connectivity index (χ4n) is 3.65. The van der Waals surface area contributed by atoms with Gasteiger partial charge in [-0.05, 0) is 37.8 Å². The van der Waals surface area contributed by atoms with E-state index in [4.69, 9.17) is 23.2 Å². The summed E-state index contributed by atoms with van der Waals surface area (Å²) >= 11 is 14.2. The lowest BCUT2D eigenvalue weighted by Gasteiger charge is -2.56. The minimum absolute atomic E-state index is 0.196. The molecule has 3 unspecified atom stereocenters. The third-order valence-corrected chi connectivity index (χ3v) is 5.97. The van der Waals surface area contributed by atoms with E-state index in [9.17, 15) is 0 Å². The second kappa shape index (κ2) is 7.17.